The van der Waals surface area contributed by atoms with Crippen LogP contribution in [0.2, 0.25) is 0 Å². The lowest BCUT2D eigenvalue weighted by atomic mass is 9.95. The number of nitrogens with one attached hydrogen (secondary N) is 1. The van der Waals surface area contributed by atoms with E-state index in [0.29, 0.717) is 19.6 Å². The minimum absolute atomic E-state index is 0.144. The van der Waals surface area contributed by atoms with Crippen molar-refractivity contribution in [3.63, 3.8) is 0 Å². The van der Waals surface area contributed by atoms with Crippen LogP contribution >= 0.6 is 0 Å². The number of piperidine rings is 1. The smallest absolute Gasteiger partial charge is 0.211 e. The van der Waals surface area contributed by atoms with Gasteiger partial charge in [0.15, 0.2) is 0 Å². The van der Waals surface area contributed by atoms with Crippen molar-refractivity contribution in [3.05, 3.63) is 54.0 Å². The zero-order valence-electron chi connectivity index (χ0n) is 13.7. The van der Waals surface area contributed by atoms with Gasteiger partial charge >= 0.3 is 0 Å². The highest BCUT2D eigenvalue weighted by atomic mass is 32.2. The van der Waals surface area contributed by atoms with Crippen molar-refractivity contribution < 1.29 is 8.42 Å². The molecule has 0 amide bonds. The Bertz CT molecular complexity index is 780. The number of pyridine rings is 2. The molecular formula is C17H22N4O2S. The van der Waals surface area contributed by atoms with Gasteiger partial charge < -0.3 is 5.32 Å². The zero-order chi connectivity index (χ0) is 17.0. The molecule has 1 atom stereocenters. The lowest BCUT2D eigenvalue weighted by molar-refractivity contribution is 0.314. The fourth-order valence-electron chi connectivity index (χ4n) is 2.95. The summed E-state index contributed by atoms with van der Waals surface area (Å²) in [5.74, 6) is 0.930. The average Bonchev–Trinajstić information content (AvgIpc) is 2.60. The van der Waals surface area contributed by atoms with Crippen LogP contribution in [0.5, 0.6) is 0 Å². The van der Waals surface area contributed by atoms with E-state index in [0.717, 1.165) is 30.0 Å². The lowest BCUT2D eigenvalue weighted by Crippen LogP contribution is -2.38. The number of aromatic nitrogens is 2. The third kappa shape index (κ3) is 4.30. The maximum absolute atomic E-state index is 11.8. The van der Waals surface area contributed by atoms with Crippen molar-refractivity contribution in [2.75, 3.05) is 24.7 Å². The molecule has 24 heavy (non-hydrogen) atoms. The Balaban J connectivity index is 1.68. The van der Waals surface area contributed by atoms with Gasteiger partial charge in [-0.25, -0.2) is 17.7 Å². The predicted molar refractivity (Wildman–Crippen MR) is 94.2 cm³/mol. The van der Waals surface area contributed by atoms with Gasteiger partial charge in [-0.05, 0) is 37.1 Å². The Morgan fingerprint density at radius 3 is 2.88 bits per heavy atom. The van der Waals surface area contributed by atoms with Crippen molar-refractivity contribution in [3.8, 4) is 0 Å². The van der Waals surface area contributed by atoms with Crippen LogP contribution in [-0.4, -0.2) is 42.0 Å². The van der Waals surface area contributed by atoms with Crippen LogP contribution in [0.4, 0.5) is 5.82 Å². The zero-order valence-corrected chi connectivity index (χ0v) is 14.5. The van der Waals surface area contributed by atoms with E-state index in [4.69, 9.17) is 0 Å². The van der Waals surface area contributed by atoms with Gasteiger partial charge in [0.05, 0.1) is 18.5 Å². The predicted octanol–water partition coefficient (Wildman–Crippen LogP) is 2.23. The van der Waals surface area contributed by atoms with E-state index in [9.17, 15) is 8.42 Å². The molecule has 1 saturated heterocycles. The molecule has 1 N–H and O–H groups in total. The van der Waals surface area contributed by atoms with Crippen molar-refractivity contribution in [2.24, 2.45) is 0 Å². The summed E-state index contributed by atoms with van der Waals surface area (Å²) in [4.78, 5) is 8.95. The first-order chi connectivity index (χ1) is 11.5. The van der Waals surface area contributed by atoms with Crippen LogP contribution in [0.1, 0.15) is 30.1 Å². The molecule has 128 valence electrons. The second-order valence-electron chi connectivity index (χ2n) is 6.08. The largest absolute Gasteiger partial charge is 0.364 e. The van der Waals surface area contributed by atoms with Crippen LogP contribution in [0, 0.1) is 0 Å². The molecular weight excluding hydrogens is 324 g/mol. The molecule has 0 aliphatic carbocycles. The summed E-state index contributed by atoms with van der Waals surface area (Å²) in [5.41, 5.74) is 1.89. The summed E-state index contributed by atoms with van der Waals surface area (Å²) >= 11 is 0. The molecule has 0 bridgehead atoms. The monoisotopic (exact) mass is 346 g/mol. The summed E-state index contributed by atoms with van der Waals surface area (Å²) in [7, 11) is -3.14. The van der Waals surface area contributed by atoms with Gasteiger partial charge in [0.2, 0.25) is 10.0 Å². The van der Waals surface area contributed by atoms with Crippen LogP contribution < -0.4 is 5.32 Å². The van der Waals surface area contributed by atoms with Crippen LogP contribution in [-0.2, 0) is 16.6 Å². The Hall–Kier alpha value is -1.99. The van der Waals surface area contributed by atoms with Crippen molar-refractivity contribution in [1.82, 2.24) is 14.3 Å². The van der Waals surface area contributed by atoms with E-state index in [-0.39, 0.29) is 5.92 Å². The van der Waals surface area contributed by atoms with Crippen molar-refractivity contribution in [2.45, 2.75) is 25.3 Å². The Morgan fingerprint density at radius 1 is 1.25 bits per heavy atom. The van der Waals surface area contributed by atoms with E-state index in [2.05, 4.69) is 15.3 Å². The highest BCUT2D eigenvalue weighted by Crippen LogP contribution is 2.27. The molecule has 1 unspecified atom stereocenters. The minimum Gasteiger partial charge on any atom is -0.364 e. The summed E-state index contributed by atoms with van der Waals surface area (Å²) < 4.78 is 25.1. The van der Waals surface area contributed by atoms with Gasteiger partial charge in [-0.15, -0.1) is 0 Å². The second-order valence-corrected chi connectivity index (χ2v) is 8.06. The third-order valence-electron chi connectivity index (χ3n) is 4.22. The number of nitrogens with zero attached hydrogens (tertiary/aromatic N) is 3. The van der Waals surface area contributed by atoms with E-state index >= 15 is 0 Å². The molecule has 2 aromatic rings. The first-order valence-corrected chi connectivity index (χ1v) is 9.93. The van der Waals surface area contributed by atoms with Crippen LogP contribution in [0.15, 0.2) is 42.6 Å². The summed E-state index contributed by atoms with van der Waals surface area (Å²) in [6.45, 7) is 1.72. The van der Waals surface area contributed by atoms with E-state index < -0.39 is 10.0 Å². The van der Waals surface area contributed by atoms with E-state index in [1.54, 1.807) is 10.5 Å². The Labute approximate surface area is 143 Å². The maximum atomic E-state index is 11.8. The minimum atomic E-state index is -3.14. The normalized spacial score (nSPS) is 19.1. The highest BCUT2D eigenvalue weighted by Gasteiger charge is 2.27. The van der Waals surface area contributed by atoms with Gasteiger partial charge in [-0.1, -0.05) is 12.1 Å². The number of hydrogen-bond acceptors (Lipinski definition) is 5. The molecule has 3 heterocycles. The molecule has 3 rings (SSSR count). The fourth-order valence-corrected chi connectivity index (χ4v) is 3.86. The summed E-state index contributed by atoms with van der Waals surface area (Å²) in [6, 6.07) is 11.7. The first kappa shape index (κ1) is 16.9. The number of anilines is 1. The topological polar surface area (TPSA) is 75.2 Å². The van der Waals surface area contributed by atoms with Gasteiger partial charge in [0.25, 0.3) is 0 Å². The molecule has 1 aliphatic rings. The second kappa shape index (κ2) is 7.27. The van der Waals surface area contributed by atoms with Gasteiger partial charge in [-0.3, -0.25) is 4.98 Å². The SMILES string of the molecule is CS(=O)(=O)N1CCCC(c2cccc(NCc3ccccn3)n2)C1. The highest BCUT2D eigenvalue weighted by molar-refractivity contribution is 7.88. The van der Waals surface area contributed by atoms with Gasteiger partial charge in [-0.2, -0.15) is 0 Å². The van der Waals surface area contributed by atoms with Gasteiger partial charge in [0.1, 0.15) is 5.82 Å². The van der Waals surface area contributed by atoms with E-state index in [1.165, 1.54) is 6.26 Å². The number of sulfonamides is 1. The molecule has 0 aromatic carbocycles. The van der Waals surface area contributed by atoms with Crippen LogP contribution in [0.25, 0.3) is 0 Å². The molecule has 6 nitrogen and oxygen atoms in total. The quantitative estimate of drug-likeness (QED) is 0.898. The van der Waals surface area contributed by atoms with Crippen molar-refractivity contribution in [1.29, 1.82) is 0 Å². The molecule has 7 heteroatoms. The van der Waals surface area contributed by atoms with Crippen molar-refractivity contribution >= 4 is 15.8 Å². The Kier molecular flexibility index (Phi) is 5.11. The first-order valence-electron chi connectivity index (χ1n) is 8.08. The molecule has 0 spiro atoms. The number of hydrogen-bond donors (Lipinski definition) is 1. The summed E-state index contributed by atoms with van der Waals surface area (Å²) in [6.07, 6.45) is 4.87. The fraction of sp³-hybridized carbons (Fsp3) is 0.412. The molecule has 2 aromatic heterocycles. The average molecular weight is 346 g/mol. The molecule has 1 aliphatic heterocycles. The Morgan fingerprint density at radius 2 is 2.12 bits per heavy atom. The molecule has 0 radical (unpaired) electrons. The van der Waals surface area contributed by atoms with Gasteiger partial charge in [0, 0.05) is 30.9 Å². The summed E-state index contributed by atoms with van der Waals surface area (Å²) in [5, 5.41) is 3.28. The maximum Gasteiger partial charge on any atom is 0.211 e. The lowest BCUT2D eigenvalue weighted by Gasteiger charge is -2.30. The molecule has 1 fully saturated rings. The third-order valence-corrected chi connectivity index (χ3v) is 5.49. The standard InChI is InChI=1S/C17H22N4O2S/c1-24(22,23)21-11-5-6-14(13-21)16-8-4-9-17(20-16)19-12-15-7-2-3-10-18-15/h2-4,7-10,14H,5-6,11-13H2,1H3,(H,19,20). The number of rotatable bonds is 5. The van der Waals surface area contributed by atoms with E-state index in [1.807, 2.05) is 36.4 Å². The molecule has 0 saturated carbocycles. The van der Waals surface area contributed by atoms with Crippen LogP contribution in [0.3, 0.4) is 0 Å².